The number of hydrogen-bond acceptors (Lipinski definition) is 6. The Hall–Kier alpha value is -3.29. The van der Waals surface area contributed by atoms with Crippen molar-refractivity contribution in [2.24, 2.45) is 0 Å². The van der Waals surface area contributed by atoms with Gasteiger partial charge in [-0.3, -0.25) is 4.79 Å². The lowest BCUT2D eigenvalue weighted by molar-refractivity contribution is -0.116. The maximum Gasteiger partial charge on any atom is 0.227 e. The molecule has 0 atom stereocenters. The van der Waals surface area contributed by atoms with Gasteiger partial charge in [-0.2, -0.15) is 4.98 Å². The van der Waals surface area contributed by atoms with E-state index in [0.717, 1.165) is 18.9 Å². The molecule has 0 unspecified atom stereocenters. The number of halogens is 1. The molecule has 152 valence electrons. The Morgan fingerprint density at radius 2 is 2.00 bits per heavy atom. The van der Waals surface area contributed by atoms with Gasteiger partial charge in [0.25, 0.3) is 0 Å². The number of aromatic nitrogens is 3. The van der Waals surface area contributed by atoms with Gasteiger partial charge < -0.3 is 14.7 Å². The Morgan fingerprint density at radius 1 is 1.21 bits per heavy atom. The summed E-state index contributed by atoms with van der Waals surface area (Å²) < 4.78 is 18.9. The third-order valence-electron chi connectivity index (χ3n) is 4.58. The van der Waals surface area contributed by atoms with Gasteiger partial charge in [0.15, 0.2) is 0 Å². The molecule has 0 spiro atoms. The van der Waals surface area contributed by atoms with Crippen LogP contribution in [0.1, 0.15) is 31.7 Å². The lowest BCUT2D eigenvalue weighted by atomic mass is 10.1. The van der Waals surface area contributed by atoms with Gasteiger partial charge in [-0.05, 0) is 44.5 Å². The van der Waals surface area contributed by atoms with Crippen molar-refractivity contribution < 1.29 is 13.7 Å². The van der Waals surface area contributed by atoms with E-state index in [1.165, 1.54) is 6.07 Å². The molecule has 0 saturated heterocycles. The second-order valence-corrected chi connectivity index (χ2v) is 6.60. The first-order valence-corrected chi connectivity index (χ1v) is 9.60. The Kier molecular flexibility index (Phi) is 6.54. The van der Waals surface area contributed by atoms with Crippen molar-refractivity contribution in [1.29, 1.82) is 0 Å². The first-order valence-electron chi connectivity index (χ1n) is 9.60. The average molecular weight is 397 g/mol. The van der Waals surface area contributed by atoms with E-state index in [9.17, 15) is 9.18 Å². The van der Waals surface area contributed by atoms with Crippen molar-refractivity contribution in [3.05, 3.63) is 53.8 Å². The van der Waals surface area contributed by atoms with Gasteiger partial charge in [0.2, 0.25) is 17.6 Å². The number of carbonyl (C=O) groups excluding carboxylic acids is 1. The lowest BCUT2D eigenvalue weighted by Crippen LogP contribution is -2.22. The van der Waals surface area contributed by atoms with Gasteiger partial charge in [0, 0.05) is 31.5 Å². The number of pyridine rings is 1. The molecule has 0 aliphatic rings. The minimum absolute atomic E-state index is 0.177. The fraction of sp³-hybridized carbons (Fsp3) is 0.333. The molecule has 0 aliphatic carbocycles. The SMILES string of the molecule is CCN(CC)c1ccc(NC(=O)CCc2nc(-c3ccc(C)c(F)c3)no2)cn1. The summed E-state index contributed by atoms with van der Waals surface area (Å²) in [6.07, 6.45) is 2.11. The Bertz CT molecular complexity index is 967. The summed E-state index contributed by atoms with van der Waals surface area (Å²) in [5, 5.41) is 6.67. The zero-order chi connectivity index (χ0) is 20.8. The highest BCUT2D eigenvalue weighted by Crippen LogP contribution is 2.19. The zero-order valence-corrected chi connectivity index (χ0v) is 16.8. The molecule has 1 aromatic carbocycles. The summed E-state index contributed by atoms with van der Waals surface area (Å²) >= 11 is 0. The fourth-order valence-corrected chi connectivity index (χ4v) is 2.84. The van der Waals surface area contributed by atoms with Gasteiger partial charge in [-0.25, -0.2) is 9.37 Å². The van der Waals surface area contributed by atoms with Crippen LogP contribution >= 0.6 is 0 Å². The van der Waals surface area contributed by atoms with Crippen LogP contribution in [-0.4, -0.2) is 34.1 Å². The maximum absolute atomic E-state index is 13.7. The van der Waals surface area contributed by atoms with Gasteiger partial charge in [-0.1, -0.05) is 17.3 Å². The molecule has 7 nitrogen and oxygen atoms in total. The number of rotatable bonds is 8. The van der Waals surface area contributed by atoms with Crippen molar-refractivity contribution in [3.8, 4) is 11.4 Å². The molecule has 3 aromatic rings. The first kappa shape index (κ1) is 20.4. The molecule has 0 aliphatic heterocycles. The van der Waals surface area contributed by atoms with E-state index in [4.69, 9.17) is 4.52 Å². The molecule has 2 aromatic heterocycles. The minimum atomic E-state index is -0.325. The van der Waals surface area contributed by atoms with Crippen molar-refractivity contribution >= 4 is 17.4 Å². The van der Waals surface area contributed by atoms with Crippen molar-refractivity contribution in [3.63, 3.8) is 0 Å². The van der Waals surface area contributed by atoms with Crippen molar-refractivity contribution in [2.45, 2.75) is 33.6 Å². The smallest absolute Gasteiger partial charge is 0.227 e. The molecule has 0 saturated carbocycles. The lowest BCUT2D eigenvalue weighted by Gasteiger charge is -2.19. The van der Waals surface area contributed by atoms with Crippen LogP contribution in [0.3, 0.4) is 0 Å². The Labute approximate surface area is 169 Å². The van der Waals surface area contributed by atoms with E-state index in [1.54, 1.807) is 25.3 Å². The summed E-state index contributed by atoms with van der Waals surface area (Å²) in [4.78, 5) is 22.9. The summed E-state index contributed by atoms with van der Waals surface area (Å²) in [6.45, 7) is 7.57. The highest BCUT2D eigenvalue weighted by molar-refractivity contribution is 5.90. The highest BCUT2D eigenvalue weighted by Gasteiger charge is 2.12. The predicted molar refractivity (Wildman–Crippen MR) is 109 cm³/mol. The molecule has 29 heavy (non-hydrogen) atoms. The van der Waals surface area contributed by atoms with Crippen LogP contribution in [0.5, 0.6) is 0 Å². The normalized spacial score (nSPS) is 10.8. The quantitative estimate of drug-likeness (QED) is 0.619. The van der Waals surface area contributed by atoms with E-state index in [2.05, 4.69) is 39.2 Å². The minimum Gasteiger partial charge on any atom is -0.357 e. The van der Waals surface area contributed by atoms with Gasteiger partial charge in [0.05, 0.1) is 11.9 Å². The van der Waals surface area contributed by atoms with E-state index in [-0.39, 0.29) is 24.6 Å². The molecule has 0 fully saturated rings. The summed E-state index contributed by atoms with van der Waals surface area (Å²) in [6, 6.07) is 8.47. The third-order valence-corrected chi connectivity index (χ3v) is 4.58. The molecule has 1 amide bonds. The molecule has 1 N–H and O–H groups in total. The Balaban J connectivity index is 1.54. The van der Waals surface area contributed by atoms with Gasteiger partial charge in [-0.15, -0.1) is 0 Å². The van der Waals surface area contributed by atoms with E-state index in [0.29, 0.717) is 28.5 Å². The number of benzene rings is 1. The van der Waals surface area contributed by atoms with Crippen LogP contribution in [-0.2, 0) is 11.2 Å². The van der Waals surface area contributed by atoms with E-state index < -0.39 is 0 Å². The van der Waals surface area contributed by atoms with Crippen molar-refractivity contribution in [1.82, 2.24) is 15.1 Å². The predicted octanol–water partition coefficient (Wildman–Crippen LogP) is 4.00. The molecular weight excluding hydrogens is 373 g/mol. The van der Waals surface area contributed by atoms with Gasteiger partial charge in [0.1, 0.15) is 11.6 Å². The number of amides is 1. The molecule has 0 bridgehead atoms. The standard InChI is InChI=1S/C21H24FN5O2/c1-4-27(5-2)18-9-8-16(13-23-18)24-19(28)10-11-20-25-21(26-29-20)15-7-6-14(3)17(22)12-15/h6-9,12-13H,4-5,10-11H2,1-3H3,(H,24,28). The number of anilines is 2. The number of hydrogen-bond donors (Lipinski definition) is 1. The monoisotopic (exact) mass is 397 g/mol. The number of carbonyl (C=O) groups is 1. The molecule has 2 heterocycles. The van der Waals surface area contributed by atoms with Crippen LogP contribution in [0, 0.1) is 12.7 Å². The average Bonchev–Trinajstić information content (AvgIpc) is 3.20. The number of aryl methyl sites for hydroxylation is 2. The third kappa shape index (κ3) is 5.16. The van der Waals surface area contributed by atoms with Crippen molar-refractivity contribution in [2.75, 3.05) is 23.3 Å². The molecule has 3 rings (SSSR count). The van der Waals surface area contributed by atoms with Crippen LogP contribution in [0.15, 0.2) is 41.1 Å². The van der Waals surface area contributed by atoms with E-state index in [1.807, 2.05) is 12.1 Å². The van der Waals surface area contributed by atoms with Crippen LogP contribution in [0.4, 0.5) is 15.9 Å². The maximum atomic E-state index is 13.7. The topological polar surface area (TPSA) is 84.2 Å². The summed E-state index contributed by atoms with van der Waals surface area (Å²) in [7, 11) is 0. The number of nitrogens with one attached hydrogen (secondary N) is 1. The zero-order valence-electron chi connectivity index (χ0n) is 16.8. The Morgan fingerprint density at radius 3 is 2.66 bits per heavy atom. The van der Waals surface area contributed by atoms with E-state index >= 15 is 0 Å². The summed E-state index contributed by atoms with van der Waals surface area (Å²) in [5.74, 6) is 0.998. The largest absolute Gasteiger partial charge is 0.357 e. The molecule has 0 radical (unpaired) electrons. The van der Waals surface area contributed by atoms with Gasteiger partial charge >= 0.3 is 0 Å². The second kappa shape index (κ2) is 9.27. The van der Waals surface area contributed by atoms with Crippen LogP contribution in [0.2, 0.25) is 0 Å². The van der Waals surface area contributed by atoms with Crippen LogP contribution in [0.25, 0.3) is 11.4 Å². The van der Waals surface area contributed by atoms with Crippen LogP contribution < -0.4 is 10.2 Å². The molecular formula is C21H24FN5O2. The highest BCUT2D eigenvalue weighted by atomic mass is 19.1. The molecule has 8 heteroatoms. The first-order chi connectivity index (χ1) is 14.0. The summed E-state index contributed by atoms with van der Waals surface area (Å²) in [5.41, 5.74) is 1.72. The second-order valence-electron chi connectivity index (χ2n) is 6.60. The number of nitrogens with zero attached hydrogens (tertiary/aromatic N) is 4. The fourth-order valence-electron chi connectivity index (χ4n) is 2.84.